The van der Waals surface area contributed by atoms with Crippen molar-refractivity contribution in [3.05, 3.63) is 0 Å². The van der Waals surface area contributed by atoms with Crippen LogP contribution in [0.1, 0.15) is 58.3 Å². The molecule has 3 nitrogen and oxygen atoms in total. The van der Waals surface area contributed by atoms with Crippen LogP contribution in [-0.2, 0) is 4.74 Å². The standard InChI is InChI=1S/C15H29NO2/c1-2-11-9-14(18-10-11)15(17)13(16)8-12-6-4-3-5-7-12/h11-15,17H,2-10,16H2,1H3/t11-,13-,14-,15?/m0/s1. The average Bonchev–Trinajstić information content (AvgIpc) is 2.87. The normalized spacial score (nSPS) is 33.5. The molecule has 18 heavy (non-hydrogen) atoms. The van der Waals surface area contributed by atoms with Gasteiger partial charge in [0, 0.05) is 12.6 Å². The van der Waals surface area contributed by atoms with E-state index in [1.54, 1.807) is 0 Å². The van der Waals surface area contributed by atoms with Crippen LogP contribution in [-0.4, -0.2) is 30.0 Å². The highest BCUT2D eigenvalue weighted by Gasteiger charge is 2.34. The van der Waals surface area contributed by atoms with E-state index in [0.717, 1.165) is 31.8 Å². The molecule has 0 radical (unpaired) electrons. The van der Waals surface area contributed by atoms with Gasteiger partial charge in [0.1, 0.15) is 0 Å². The van der Waals surface area contributed by atoms with Crippen molar-refractivity contribution in [2.75, 3.05) is 6.61 Å². The molecule has 0 aromatic carbocycles. The van der Waals surface area contributed by atoms with Crippen molar-refractivity contribution in [3.63, 3.8) is 0 Å². The highest BCUT2D eigenvalue weighted by molar-refractivity contribution is 4.86. The fourth-order valence-electron chi connectivity index (χ4n) is 3.47. The highest BCUT2D eigenvalue weighted by atomic mass is 16.5. The van der Waals surface area contributed by atoms with E-state index >= 15 is 0 Å². The fourth-order valence-corrected chi connectivity index (χ4v) is 3.47. The molecule has 2 rings (SSSR count). The Morgan fingerprint density at radius 2 is 1.94 bits per heavy atom. The van der Waals surface area contributed by atoms with Crippen LogP contribution in [0.5, 0.6) is 0 Å². The lowest BCUT2D eigenvalue weighted by molar-refractivity contribution is -0.0188. The van der Waals surface area contributed by atoms with Gasteiger partial charge in [0.15, 0.2) is 0 Å². The number of aliphatic hydroxyl groups excluding tert-OH is 1. The molecule has 1 aliphatic heterocycles. The van der Waals surface area contributed by atoms with Crippen molar-refractivity contribution in [1.82, 2.24) is 0 Å². The van der Waals surface area contributed by atoms with Gasteiger partial charge < -0.3 is 15.6 Å². The third-order valence-electron chi connectivity index (χ3n) is 4.84. The first-order chi connectivity index (χ1) is 8.70. The van der Waals surface area contributed by atoms with Crippen molar-refractivity contribution in [2.24, 2.45) is 17.6 Å². The first-order valence-corrected chi connectivity index (χ1v) is 7.76. The molecule has 1 heterocycles. The number of hydrogen-bond donors (Lipinski definition) is 2. The van der Waals surface area contributed by atoms with Crippen molar-refractivity contribution in [1.29, 1.82) is 0 Å². The molecule has 3 N–H and O–H groups in total. The average molecular weight is 255 g/mol. The summed E-state index contributed by atoms with van der Waals surface area (Å²) in [6, 6.07) is -0.103. The maximum absolute atomic E-state index is 10.3. The van der Waals surface area contributed by atoms with Gasteiger partial charge >= 0.3 is 0 Å². The van der Waals surface area contributed by atoms with Crippen LogP contribution in [0.15, 0.2) is 0 Å². The van der Waals surface area contributed by atoms with Gasteiger partial charge in [0.05, 0.1) is 12.2 Å². The Morgan fingerprint density at radius 1 is 1.22 bits per heavy atom. The number of hydrogen-bond acceptors (Lipinski definition) is 3. The largest absolute Gasteiger partial charge is 0.389 e. The predicted molar refractivity (Wildman–Crippen MR) is 73.3 cm³/mol. The summed E-state index contributed by atoms with van der Waals surface area (Å²) in [4.78, 5) is 0. The Labute approximate surface area is 111 Å². The molecule has 1 saturated carbocycles. The molecule has 106 valence electrons. The molecule has 3 heteroatoms. The van der Waals surface area contributed by atoms with E-state index in [-0.39, 0.29) is 12.1 Å². The van der Waals surface area contributed by atoms with Gasteiger partial charge in [-0.1, -0.05) is 45.4 Å². The van der Waals surface area contributed by atoms with Crippen molar-refractivity contribution >= 4 is 0 Å². The highest BCUT2D eigenvalue weighted by Crippen LogP contribution is 2.30. The first kappa shape index (κ1) is 14.3. The Kier molecular flexibility index (Phi) is 5.46. The third kappa shape index (κ3) is 3.69. The zero-order chi connectivity index (χ0) is 13.0. The molecule has 2 aliphatic rings. The fraction of sp³-hybridized carbons (Fsp3) is 1.00. The number of nitrogens with two attached hydrogens (primary N) is 1. The lowest BCUT2D eigenvalue weighted by atomic mass is 9.83. The van der Waals surface area contributed by atoms with E-state index in [4.69, 9.17) is 10.5 Å². The van der Waals surface area contributed by atoms with Crippen LogP contribution >= 0.6 is 0 Å². The molecule has 0 amide bonds. The van der Waals surface area contributed by atoms with Crippen molar-refractivity contribution in [2.45, 2.75) is 76.5 Å². The molecule has 1 saturated heterocycles. The minimum atomic E-state index is -0.469. The van der Waals surface area contributed by atoms with E-state index < -0.39 is 6.10 Å². The second-order valence-corrected chi connectivity index (χ2v) is 6.28. The van der Waals surface area contributed by atoms with Gasteiger partial charge in [-0.05, 0) is 24.7 Å². The minimum absolute atomic E-state index is 0.0199. The Morgan fingerprint density at radius 3 is 2.56 bits per heavy atom. The number of ether oxygens (including phenoxy) is 1. The zero-order valence-corrected chi connectivity index (χ0v) is 11.7. The summed E-state index contributed by atoms with van der Waals surface area (Å²) < 4.78 is 5.70. The maximum atomic E-state index is 10.3. The molecular formula is C15H29NO2. The van der Waals surface area contributed by atoms with Crippen LogP contribution in [0.3, 0.4) is 0 Å². The summed E-state index contributed by atoms with van der Waals surface area (Å²) >= 11 is 0. The quantitative estimate of drug-likeness (QED) is 0.793. The number of aliphatic hydroxyl groups is 1. The van der Waals surface area contributed by atoms with E-state index in [2.05, 4.69) is 6.92 Å². The summed E-state index contributed by atoms with van der Waals surface area (Å²) in [7, 11) is 0. The van der Waals surface area contributed by atoms with E-state index in [1.165, 1.54) is 32.1 Å². The van der Waals surface area contributed by atoms with Crippen molar-refractivity contribution in [3.8, 4) is 0 Å². The summed E-state index contributed by atoms with van der Waals surface area (Å²) in [6.07, 6.45) is 9.24. The molecule has 1 aliphatic carbocycles. The molecular weight excluding hydrogens is 226 g/mol. The second kappa shape index (κ2) is 6.88. The first-order valence-electron chi connectivity index (χ1n) is 7.76. The van der Waals surface area contributed by atoms with Crippen LogP contribution in [0.4, 0.5) is 0 Å². The van der Waals surface area contributed by atoms with Crippen molar-refractivity contribution < 1.29 is 9.84 Å². The second-order valence-electron chi connectivity index (χ2n) is 6.28. The van der Waals surface area contributed by atoms with Gasteiger partial charge in [-0.2, -0.15) is 0 Å². The van der Waals surface area contributed by atoms with E-state index in [9.17, 15) is 5.11 Å². The van der Waals surface area contributed by atoms with Gasteiger partial charge in [-0.15, -0.1) is 0 Å². The Hall–Kier alpha value is -0.120. The van der Waals surface area contributed by atoms with Crippen LogP contribution in [0, 0.1) is 11.8 Å². The lowest BCUT2D eigenvalue weighted by Gasteiger charge is -2.29. The lowest BCUT2D eigenvalue weighted by Crippen LogP contribution is -2.44. The Balaban J connectivity index is 1.75. The van der Waals surface area contributed by atoms with Crippen LogP contribution in [0.25, 0.3) is 0 Å². The molecule has 0 bridgehead atoms. The van der Waals surface area contributed by atoms with Gasteiger partial charge in [0.2, 0.25) is 0 Å². The SMILES string of the molecule is CC[C@@H]1CO[C@H](C(O)[C@@H](N)CC2CCCCC2)C1. The molecule has 0 aromatic rings. The van der Waals surface area contributed by atoms with Crippen LogP contribution in [0.2, 0.25) is 0 Å². The van der Waals surface area contributed by atoms with Gasteiger partial charge in [-0.25, -0.2) is 0 Å². The van der Waals surface area contributed by atoms with E-state index in [0.29, 0.717) is 5.92 Å². The van der Waals surface area contributed by atoms with Crippen LogP contribution < -0.4 is 5.73 Å². The number of rotatable bonds is 5. The third-order valence-corrected chi connectivity index (χ3v) is 4.84. The summed E-state index contributed by atoms with van der Waals surface area (Å²) in [5.41, 5.74) is 6.18. The molecule has 0 spiro atoms. The monoisotopic (exact) mass is 255 g/mol. The molecule has 0 aromatic heterocycles. The predicted octanol–water partition coefficient (Wildman–Crippen LogP) is 2.46. The maximum Gasteiger partial charge on any atom is 0.0952 e. The summed E-state index contributed by atoms with van der Waals surface area (Å²) in [6.45, 7) is 2.99. The smallest absolute Gasteiger partial charge is 0.0952 e. The molecule has 2 fully saturated rings. The zero-order valence-electron chi connectivity index (χ0n) is 11.7. The minimum Gasteiger partial charge on any atom is -0.389 e. The van der Waals surface area contributed by atoms with E-state index in [1.807, 2.05) is 0 Å². The topological polar surface area (TPSA) is 55.5 Å². The summed E-state index contributed by atoms with van der Waals surface area (Å²) in [5, 5.41) is 10.3. The summed E-state index contributed by atoms with van der Waals surface area (Å²) in [5.74, 6) is 1.35. The van der Waals surface area contributed by atoms with Gasteiger partial charge in [0.25, 0.3) is 0 Å². The van der Waals surface area contributed by atoms with Gasteiger partial charge in [-0.3, -0.25) is 0 Å². The molecule has 1 unspecified atom stereocenters. The Bertz CT molecular complexity index is 241. The molecule has 4 atom stereocenters.